The monoisotopic (exact) mass is 329 g/mol. The summed E-state index contributed by atoms with van der Waals surface area (Å²) in [5, 5.41) is 6.06. The lowest BCUT2D eigenvalue weighted by Crippen LogP contribution is -2.19. The van der Waals surface area contributed by atoms with Crippen LogP contribution in [0.25, 0.3) is 10.9 Å². The molecule has 0 unspecified atom stereocenters. The summed E-state index contributed by atoms with van der Waals surface area (Å²) < 4.78 is 7.00. The van der Waals surface area contributed by atoms with Gasteiger partial charge in [0.05, 0.1) is 23.9 Å². The van der Waals surface area contributed by atoms with Crippen molar-refractivity contribution in [3.05, 3.63) is 29.0 Å². The Bertz CT molecular complexity index is 743. The third-order valence-electron chi connectivity index (χ3n) is 4.76. The van der Waals surface area contributed by atoms with Gasteiger partial charge in [-0.05, 0) is 56.5 Å². The molecule has 1 saturated heterocycles. The molecule has 0 amide bonds. The number of benzene rings is 1. The minimum absolute atomic E-state index is 0.284. The van der Waals surface area contributed by atoms with E-state index in [4.69, 9.17) is 9.84 Å². The highest BCUT2D eigenvalue weighted by molar-refractivity contribution is 5.98. The maximum absolute atomic E-state index is 12.0. The van der Waals surface area contributed by atoms with Crippen LogP contribution in [-0.4, -0.2) is 40.8 Å². The highest BCUT2D eigenvalue weighted by Gasteiger charge is 2.21. The van der Waals surface area contributed by atoms with Crippen LogP contribution in [0.5, 0.6) is 0 Å². The van der Waals surface area contributed by atoms with E-state index in [1.165, 1.54) is 20.0 Å². The van der Waals surface area contributed by atoms with E-state index in [1.807, 2.05) is 19.1 Å². The van der Waals surface area contributed by atoms with E-state index in [0.29, 0.717) is 11.5 Å². The van der Waals surface area contributed by atoms with Crippen LogP contribution < -0.4 is 0 Å². The van der Waals surface area contributed by atoms with Gasteiger partial charge in [-0.15, -0.1) is 0 Å². The molecule has 24 heavy (non-hydrogen) atoms. The van der Waals surface area contributed by atoms with Crippen LogP contribution >= 0.6 is 0 Å². The molecule has 1 aliphatic rings. The first-order chi connectivity index (χ1) is 11.5. The maximum atomic E-state index is 12.0. The SMILES string of the molecule is COC(=O)c1ccc2c(CN3CCCC3)nn(CC(C)C)c2c1C. The summed E-state index contributed by atoms with van der Waals surface area (Å²) in [6.45, 7) is 10.4. The average molecular weight is 329 g/mol. The first-order valence-corrected chi connectivity index (χ1v) is 8.81. The van der Waals surface area contributed by atoms with Gasteiger partial charge in [-0.25, -0.2) is 4.79 Å². The topological polar surface area (TPSA) is 47.4 Å². The fourth-order valence-electron chi connectivity index (χ4n) is 3.59. The summed E-state index contributed by atoms with van der Waals surface area (Å²) >= 11 is 0. The van der Waals surface area contributed by atoms with Gasteiger partial charge in [0.1, 0.15) is 0 Å². The van der Waals surface area contributed by atoms with Gasteiger partial charge in [0.15, 0.2) is 0 Å². The van der Waals surface area contributed by atoms with E-state index in [1.54, 1.807) is 0 Å². The van der Waals surface area contributed by atoms with E-state index in [9.17, 15) is 4.79 Å². The van der Waals surface area contributed by atoms with E-state index >= 15 is 0 Å². The van der Waals surface area contributed by atoms with Crippen molar-refractivity contribution in [2.45, 2.75) is 46.7 Å². The quantitative estimate of drug-likeness (QED) is 0.789. The highest BCUT2D eigenvalue weighted by Crippen LogP contribution is 2.28. The number of aromatic nitrogens is 2. The zero-order valence-electron chi connectivity index (χ0n) is 15.1. The number of aryl methyl sites for hydroxylation is 1. The van der Waals surface area contributed by atoms with E-state index < -0.39 is 0 Å². The van der Waals surface area contributed by atoms with Gasteiger partial charge in [-0.2, -0.15) is 5.10 Å². The lowest BCUT2D eigenvalue weighted by atomic mass is 10.0. The van der Waals surface area contributed by atoms with Gasteiger partial charge in [-0.1, -0.05) is 13.8 Å². The normalized spacial score (nSPS) is 15.5. The smallest absolute Gasteiger partial charge is 0.338 e. The number of carbonyl (C=O) groups excluding carboxylic acids is 1. The van der Waals surface area contributed by atoms with Gasteiger partial charge in [0.2, 0.25) is 0 Å². The summed E-state index contributed by atoms with van der Waals surface area (Å²) in [4.78, 5) is 14.5. The van der Waals surface area contributed by atoms with Crippen molar-refractivity contribution in [2.24, 2.45) is 5.92 Å². The number of carbonyl (C=O) groups is 1. The van der Waals surface area contributed by atoms with Crippen molar-refractivity contribution in [2.75, 3.05) is 20.2 Å². The molecule has 5 heteroatoms. The Morgan fingerprint density at radius 3 is 2.62 bits per heavy atom. The molecule has 0 saturated carbocycles. The molecule has 0 aliphatic carbocycles. The Morgan fingerprint density at radius 1 is 1.29 bits per heavy atom. The first-order valence-electron chi connectivity index (χ1n) is 8.81. The van der Waals surface area contributed by atoms with Crippen LogP contribution in [0.3, 0.4) is 0 Å². The number of ether oxygens (including phenoxy) is 1. The lowest BCUT2D eigenvalue weighted by Gasteiger charge is -2.12. The number of nitrogens with zero attached hydrogens (tertiary/aromatic N) is 3. The summed E-state index contributed by atoms with van der Waals surface area (Å²) in [5.74, 6) is 0.210. The minimum Gasteiger partial charge on any atom is -0.465 e. The van der Waals surface area contributed by atoms with Crippen LogP contribution in [0.15, 0.2) is 12.1 Å². The number of methoxy groups -OCH3 is 1. The fraction of sp³-hybridized carbons (Fsp3) is 0.579. The Morgan fingerprint density at radius 2 is 2.00 bits per heavy atom. The van der Waals surface area contributed by atoms with Crippen LogP contribution in [-0.2, 0) is 17.8 Å². The van der Waals surface area contributed by atoms with Crippen molar-refractivity contribution < 1.29 is 9.53 Å². The Labute approximate surface area is 143 Å². The highest BCUT2D eigenvalue weighted by atomic mass is 16.5. The Hall–Kier alpha value is -1.88. The second kappa shape index (κ2) is 6.93. The molecule has 0 radical (unpaired) electrons. The first kappa shape index (κ1) is 17.0. The lowest BCUT2D eigenvalue weighted by molar-refractivity contribution is 0.0600. The molecule has 0 N–H and O–H groups in total. The number of hydrogen-bond acceptors (Lipinski definition) is 4. The van der Waals surface area contributed by atoms with Crippen molar-refractivity contribution >= 4 is 16.9 Å². The van der Waals surface area contributed by atoms with Crippen molar-refractivity contribution in [3.63, 3.8) is 0 Å². The van der Waals surface area contributed by atoms with E-state index in [0.717, 1.165) is 48.3 Å². The summed E-state index contributed by atoms with van der Waals surface area (Å²) in [6, 6.07) is 3.90. The third kappa shape index (κ3) is 3.18. The molecule has 1 aromatic heterocycles. The molecule has 1 aliphatic heterocycles. The van der Waals surface area contributed by atoms with Gasteiger partial charge >= 0.3 is 5.97 Å². The van der Waals surface area contributed by atoms with Crippen molar-refractivity contribution in [1.29, 1.82) is 0 Å². The van der Waals surface area contributed by atoms with Gasteiger partial charge in [-0.3, -0.25) is 9.58 Å². The van der Waals surface area contributed by atoms with Crippen molar-refractivity contribution in [1.82, 2.24) is 14.7 Å². The van der Waals surface area contributed by atoms with Crippen LogP contribution in [0.2, 0.25) is 0 Å². The average Bonchev–Trinajstić information content (AvgIpc) is 3.16. The second-order valence-corrected chi connectivity index (χ2v) is 7.13. The largest absolute Gasteiger partial charge is 0.465 e. The number of fused-ring (bicyclic) bond motifs is 1. The Balaban J connectivity index is 2.09. The standard InChI is InChI=1S/C19H27N3O2/c1-13(2)11-22-18-14(3)15(19(23)24-4)7-8-16(18)17(20-22)12-21-9-5-6-10-21/h7-8,13H,5-6,9-12H2,1-4H3. The van der Waals surface area contributed by atoms with E-state index in [-0.39, 0.29) is 5.97 Å². The molecule has 1 fully saturated rings. The number of hydrogen-bond donors (Lipinski definition) is 0. The summed E-state index contributed by atoms with van der Waals surface area (Å²) in [5.41, 5.74) is 3.77. The van der Waals surface area contributed by atoms with Crippen LogP contribution in [0, 0.1) is 12.8 Å². The molecule has 5 nitrogen and oxygen atoms in total. The molecule has 2 aromatic rings. The number of esters is 1. The zero-order valence-corrected chi connectivity index (χ0v) is 15.1. The fourth-order valence-corrected chi connectivity index (χ4v) is 3.59. The third-order valence-corrected chi connectivity index (χ3v) is 4.76. The van der Waals surface area contributed by atoms with Crippen LogP contribution in [0.1, 0.15) is 48.3 Å². The molecule has 0 bridgehead atoms. The summed E-state index contributed by atoms with van der Waals surface area (Å²) in [6.07, 6.45) is 2.55. The molecular formula is C19H27N3O2. The minimum atomic E-state index is -0.284. The predicted octanol–water partition coefficient (Wildman–Crippen LogP) is 3.38. The molecule has 1 aromatic carbocycles. The predicted molar refractivity (Wildman–Crippen MR) is 95.2 cm³/mol. The molecule has 3 rings (SSSR count). The van der Waals surface area contributed by atoms with Gasteiger partial charge in [0.25, 0.3) is 0 Å². The molecular weight excluding hydrogens is 302 g/mol. The maximum Gasteiger partial charge on any atom is 0.338 e. The molecule has 0 spiro atoms. The Kier molecular flexibility index (Phi) is 4.90. The van der Waals surface area contributed by atoms with E-state index in [2.05, 4.69) is 23.4 Å². The number of likely N-dealkylation sites (tertiary alicyclic amines) is 1. The second-order valence-electron chi connectivity index (χ2n) is 7.13. The summed E-state index contributed by atoms with van der Waals surface area (Å²) in [7, 11) is 1.43. The van der Waals surface area contributed by atoms with Gasteiger partial charge < -0.3 is 4.74 Å². The van der Waals surface area contributed by atoms with Crippen molar-refractivity contribution in [3.8, 4) is 0 Å². The zero-order chi connectivity index (χ0) is 17.3. The van der Waals surface area contributed by atoms with Gasteiger partial charge in [0, 0.05) is 18.5 Å². The molecule has 2 heterocycles. The van der Waals surface area contributed by atoms with Crippen LogP contribution in [0.4, 0.5) is 0 Å². The molecule has 130 valence electrons. The molecule has 0 atom stereocenters. The number of rotatable bonds is 5.